The first-order valence-electron chi connectivity index (χ1n) is 6.93. The molecule has 3 nitrogen and oxygen atoms in total. The van der Waals surface area contributed by atoms with Crippen molar-refractivity contribution in [1.82, 2.24) is 10.2 Å². The van der Waals surface area contributed by atoms with Crippen LogP contribution in [0, 0.1) is 11.8 Å². The summed E-state index contributed by atoms with van der Waals surface area (Å²) < 4.78 is 11.3. The van der Waals surface area contributed by atoms with Crippen molar-refractivity contribution in [3.63, 3.8) is 0 Å². The van der Waals surface area contributed by atoms with Gasteiger partial charge in [0.1, 0.15) is 0 Å². The molecule has 0 radical (unpaired) electrons. The van der Waals surface area contributed by atoms with Crippen molar-refractivity contribution >= 4 is 10.8 Å². The van der Waals surface area contributed by atoms with Crippen LogP contribution in [0.15, 0.2) is 0 Å². The molecule has 4 heteroatoms. The maximum Gasteiger partial charge on any atom is 0.0363 e. The van der Waals surface area contributed by atoms with Crippen LogP contribution in [-0.4, -0.2) is 53.3 Å². The molecule has 2 rings (SSSR count). The molecule has 100 valence electrons. The summed E-state index contributed by atoms with van der Waals surface area (Å²) in [5.41, 5.74) is 0. The SMILES string of the molecule is CNC1CCC(C)CC1CN1CCS(=O)CC1. The Hall–Kier alpha value is 0.0700. The van der Waals surface area contributed by atoms with Crippen LogP contribution in [0.25, 0.3) is 0 Å². The normalized spacial score (nSPS) is 37.2. The van der Waals surface area contributed by atoms with Crippen LogP contribution in [0.2, 0.25) is 0 Å². The van der Waals surface area contributed by atoms with Gasteiger partial charge in [-0.2, -0.15) is 0 Å². The van der Waals surface area contributed by atoms with E-state index in [2.05, 4.69) is 24.2 Å². The Morgan fingerprint density at radius 3 is 2.65 bits per heavy atom. The smallest absolute Gasteiger partial charge is 0.0363 e. The fourth-order valence-electron chi connectivity index (χ4n) is 3.27. The zero-order valence-electron chi connectivity index (χ0n) is 11.2. The second-order valence-electron chi connectivity index (χ2n) is 5.72. The molecule has 0 bridgehead atoms. The van der Waals surface area contributed by atoms with Gasteiger partial charge in [0.25, 0.3) is 0 Å². The molecule has 1 aliphatic carbocycles. The van der Waals surface area contributed by atoms with Gasteiger partial charge in [0.05, 0.1) is 0 Å². The number of nitrogens with one attached hydrogen (secondary N) is 1. The minimum Gasteiger partial charge on any atom is -0.317 e. The lowest BCUT2D eigenvalue weighted by molar-refractivity contribution is 0.155. The summed E-state index contributed by atoms with van der Waals surface area (Å²) in [6.45, 7) is 5.65. The van der Waals surface area contributed by atoms with E-state index < -0.39 is 10.8 Å². The lowest BCUT2D eigenvalue weighted by Crippen LogP contribution is -2.47. The van der Waals surface area contributed by atoms with Crippen LogP contribution < -0.4 is 5.32 Å². The Kier molecular flexibility index (Phi) is 5.00. The van der Waals surface area contributed by atoms with Crippen molar-refractivity contribution in [3.8, 4) is 0 Å². The molecule has 0 aromatic heterocycles. The second-order valence-corrected chi connectivity index (χ2v) is 7.42. The van der Waals surface area contributed by atoms with E-state index in [0.717, 1.165) is 36.4 Å². The summed E-state index contributed by atoms with van der Waals surface area (Å²) in [6.07, 6.45) is 4.04. The topological polar surface area (TPSA) is 32.3 Å². The van der Waals surface area contributed by atoms with E-state index in [1.165, 1.54) is 25.8 Å². The molecule has 1 heterocycles. The molecule has 0 spiro atoms. The van der Waals surface area contributed by atoms with Crippen LogP contribution in [0.4, 0.5) is 0 Å². The molecule has 0 aromatic carbocycles. The summed E-state index contributed by atoms with van der Waals surface area (Å²) in [6, 6.07) is 0.693. The van der Waals surface area contributed by atoms with Crippen LogP contribution in [0.5, 0.6) is 0 Å². The lowest BCUT2D eigenvalue weighted by atomic mass is 9.78. The zero-order valence-corrected chi connectivity index (χ0v) is 12.0. The van der Waals surface area contributed by atoms with Crippen molar-refractivity contribution in [2.75, 3.05) is 38.2 Å². The van der Waals surface area contributed by atoms with E-state index in [1.54, 1.807) is 0 Å². The molecule has 17 heavy (non-hydrogen) atoms. The molecule has 1 saturated carbocycles. The van der Waals surface area contributed by atoms with Crippen LogP contribution >= 0.6 is 0 Å². The van der Waals surface area contributed by atoms with Crippen LogP contribution in [0.1, 0.15) is 26.2 Å². The number of hydrogen-bond donors (Lipinski definition) is 1. The second kappa shape index (κ2) is 6.30. The fraction of sp³-hybridized carbons (Fsp3) is 1.00. The molecule has 1 saturated heterocycles. The van der Waals surface area contributed by atoms with Gasteiger partial charge in [-0.05, 0) is 38.1 Å². The number of nitrogens with zero attached hydrogens (tertiary/aromatic N) is 1. The summed E-state index contributed by atoms with van der Waals surface area (Å²) >= 11 is 0. The summed E-state index contributed by atoms with van der Waals surface area (Å²) in [7, 11) is 1.55. The highest BCUT2D eigenvalue weighted by molar-refractivity contribution is 7.85. The van der Waals surface area contributed by atoms with Crippen molar-refractivity contribution < 1.29 is 4.21 Å². The van der Waals surface area contributed by atoms with E-state index in [0.29, 0.717) is 6.04 Å². The quantitative estimate of drug-likeness (QED) is 0.822. The molecular weight excluding hydrogens is 232 g/mol. The number of rotatable bonds is 3. The van der Waals surface area contributed by atoms with E-state index in [9.17, 15) is 4.21 Å². The van der Waals surface area contributed by atoms with E-state index in [4.69, 9.17) is 0 Å². The minimum atomic E-state index is -0.542. The van der Waals surface area contributed by atoms with E-state index in [1.807, 2.05) is 0 Å². The van der Waals surface area contributed by atoms with Gasteiger partial charge in [-0.3, -0.25) is 4.21 Å². The average Bonchev–Trinajstić information content (AvgIpc) is 2.32. The molecule has 3 atom stereocenters. The lowest BCUT2D eigenvalue weighted by Gasteiger charge is -2.38. The van der Waals surface area contributed by atoms with Gasteiger partial charge >= 0.3 is 0 Å². The van der Waals surface area contributed by atoms with E-state index in [-0.39, 0.29) is 0 Å². The molecular formula is C13H26N2OS. The Bertz CT molecular complexity index is 262. The monoisotopic (exact) mass is 258 g/mol. The number of hydrogen-bond acceptors (Lipinski definition) is 3. The van der Waals surface area contributed by atoms with Crippen molar-refractivity contribution in [2.45, 2.75) is 32.2 Å². The predicted molar refractivity (Wildman–Crippen MR) is 73.7 cm³/mol. The molecule has 0 aromatic rings. The molecule has 0 amide bonds. The van der Waals surface area contributed by atoms with Crippen LogP contribution in [0.3, 0.4) is 0 Å². The predicted octanol–water partition coefficient (Wildman–Crippen LogP) is 1.07. The Balaban J connectivity index is 1.84. The Morgan fingerprint density at radius 2 is 2.00 bits per heavy atom. The van der Waals surface area contributed by atoms with Gasteiger partial charge in [0.15, 0.2) is 0 Å². The summed E-state index contributed by atoms with van der Waals surface area (Å²) in [5, 5.41) is 3.49. The van der Waals surface area contributed by atoms with Crippen molar-refractivity contribution in [1.29, 1.82) is 0 Å². The van der Waals surface area contributed by atoms with Gasteiger partial charge in [-0.25, -0.2) is 0 Å². The van der Waals surface area contributed by atoms with Gasteiger partial charge in [-0.15, -0.1) is 0 Å². The molecule has 2 fully saturated rings. The van der Waals surface area contributed by atoms with Gasteiger partial charge in [0, 0.05) is 48.0 Å². The Morgan fingerprint density at radius 1 is 1.29 bits per heavy atom. The Labute approximate surface area is 108 Å². The van der Waals surface area contributed by atoms with Gasteiger partial charge in [-0.1, -0.05) is 6.92 Å². The molecule has 2 aliphatic rings. The van der Waals surface area contributed by atoms with Crippen molar-refractivity contribution in [2.24, 2.45) is 11.8 Å². The third-order valence-corrected chi connectivity index (χ3v) is 5.65. The third kappa shape index (κ3) is 3.76. The van der Waals surface area contributed by atoms with Gasteiger partial charge in [0.2, 0.25) is 0 Å². The highest BCUT2D eigenvalue weighted by Gasteiger charge is 2.29. The summed E-state index contributed by atoms with van der Waals surface area (Å²) in [4.78, 5) is 2.52. The summed E-state index contributed by atoms with van der Waals surface area (Å²) in [5.74, 6) is 3.43. The standard InChI is InChI=1S/C13H26N2OS/c1-11-3-4-13(14-2)12(9-11)10-15-5-7-17(16)8-6-15/h11-14H,3-10H2,1-2H3. The molecule has 3 unspecified atom stereocenters. The average molecular weight is 258 g/mol. The van der Waals surface area contributed by atoms with Gasteiger partial charge < -0.3 is 10.2 Å². The third-order valence-electron chi connectivity index (χ3n) is 4.38. The molecule has 1 N–H and O–H groups in total. The zero-order chi connectivity index (χ0) is 12.3. The first-order chi connectivity index (χ1) is 8.19. The highest BCUT2D eigenvalue weighted by atomic mass is 32.2. The maximum absolute atomic E-state index is 11.3. The largest absolute Gasteiger partial charge is 0.317 e. The first-order valence-corrected chi connectivity index (χ1v) is 8.42. The van der Waals surface area contributed by atoms with E-state index >= 15 is 0 Å². The minimum absolute atomic E-state index is 0.542. The van der Waals surface area contributed by atoms with Crippen LogP contribution in [-0.2, 0) is 10.8 Å². The highest BCUT2D eigenvalue weighted by Crippen LogP contribution is 2.29. The molecule has 1 aliphatic heterocycles. The maximum atomic E-state index is 11.3. The first kappa shape index (κ1) is 13.5. The van der Waals surface area contributed by atoms with Crippen molar-refractivity contribution in [3.05, 3.63) is 0 Å². The fourth-order valence-corrected chi connectivity index (χ4v) is 4.40.